The molecular weight excluding hydrogens is 435 g/mol. The molecule has 0 aliphatic carbocycles. The van der Waals surface area contributed by atoms with Crippen molar-refractivity contribution in [1.82, 2.24) is 0 Å². The van der Waals surface area contributed by atoms with Gasteiger partial charge in [0.2, 0.25) is 0 Å². The van der Waals surface area contributed by atoms with Crippen LogP contribution >= 0.6 is 34.8 Å². The number of hydrogen-bond donors (Lipinski definition) is 0. The number of benzene rings is 2. The summed E-state index contributed by atoms with van der Waals surface area (Å²) in [5, 5.41) is 2.37. The van der Waals surface area contributed by atoms with Gasteiger partial charge in [0, 0.05) is 6.16 Å². The minimum absolute atomic E-state index is 0.106. The molecule has 0 amide bonds. The van der Waals surface area contributed by atoms with Crippen LogP contribution in [0.3, 0.4) is 0 Å². The third-order valence-electron chi connectivity index (χ3n) is 2.88. The quantitative estimate of drug-likeness (QED) is 0.463. The summed E-state index contributed by atoms with van der Waals surface area (Å²) in [6.45, 7) is 2.26. The van der Waals surface area contributed by atoms with E-state index in [1.807, 2.05) is 36.4 Å². The maximum absolute atomic E-state index is 12.1. The zero-order chi connectivity index (χ0) is 15.5. The number of hydrogen-bond acceptors (Lipinski definition) is 1. The molecule has 0 aliphatic rings. The Morgan fingerprint density at radius 1 is 1.00 bits per heavy atom. The molecule has 6 heteroatoms. The fraction of sp³-hybridized carbons (Fsp3) is 0.200. The van der Waals surface area contributed by atoms with Crippen molar-refractivity contribution >= 4 is 45.4 Å². The van der Waals surface area contributed by atoms with E-state index in [4.69, 9.17) is 19.1 Å². The zero-order valence-electron chi connectivity index (χ0n) is 11.6. The zero-order valence-corrected chi connectivity index (χ0v) is 16.4. The Balaban J connectivity index is 0.000000677. The van der Waals surface area contributed by atoms with Crippen LogP contribution in [-0.2, 0) is 20.5 Å². The number of rotatable bonds is 5. The first-order valence-electron chi connectivity index (χ1n) is 6.27. The van der Waals surface area contributed by atoms with E-state index >= 15 is 0 Å². The fourth-order valence-electron chi connectivity index (χ4n) is 1.78. The summed E-state index contributed by atoms with van der Waals surface area (Å²) in [4.78, 5) is 0. The first kappa shape index (κ1) is 19.3. The van der Waals surface area contributed by atoms with Gasteiger partial charge in [-0.25, -0.2) is 0 Å². The van der Waals surface area contributed by atoms with Crippen LogP contribution in [0.25, 0.3) is 0 Å². The molecule has 0 spiro atoms. The predicted octanol–water partition coefficient (Wildman–Crippen LogP) is 4.95. The molecule has 2 aromatic carbocycles. The van der Waals surface area contributed by atoms with Crippen LogP contribution in [0.4, 0.5) is 0 Å². The van der Waals surface area contributed by atoms with Gasteiger partial charge in [0.25, 0.3) is 0 Å². The summed E-state index contributed by atoms with van der Waals surface area (Å²) < 4.78 is 12.1. The molecular formula is C15H17Cl2OP2Pd+. The van der Waals surface area contributed by atoms with Gasteiger partial charge < -0.3 is 0 Å². The van der Waals surface area contributed by atoms with Crippen LogP contribution in [-0.4, -0.2) is 19.0 Å². The van der Waals surface area contributed by atoms with Crippen LogP contribution in [0.2, 0.25) is 0 Å². The van der Waals surface area contributed by atoms with Gasteiger partial charge in [0.1, 0.15) is 0 Å². The van der Waals surface area contributed by atoms with E-state index in [0.29, 0.717) is 0 Å². The minimum atomic E-state index is -1.23. The Labute approximate surface area is 145 Å². The van der Waals surface area contributed by atoms with Crippen molar-refractivity contribution in [1.29, 1.82) is 0 Å². The molecule has 0 radical (unpaired) electrons. The maximum atomic E-state index is 12.1. The second-order valence-corrected chi connectivity index (χ2v) is 10.7. The average Bonchev–Trinajstić information content (AvgIpc) is 2.54. The van der Waals surface area contributed by atoms with Gasteiger partial charge in [0.15, 0.2) is 11.5 Å². The van der Waals surface area contributed by atoms with E-state index in [1.54, 1.807) is 0 Å². The molecule has 1 nitrogen and oxygen atoms in total. The van der Waals surface area contributed by atoms with Crippen molar-refractivity contribution in [3.8, 4) is 0 Å². The van der Waals surface area contributed by atoms with Gasteiger partial charge in [-0.2, -0.15) is 0 Å². The third-order valence-corrected chi connectivity index (χ3v) is 6.81. The van der Waals surface area contributed by atoms with E-state index in [1.165, 1.54) is 5.30 Å². The second-order valence-electron chi connectivity index (χ2n) is 4.24. The molecule has 2 atom stereocenters. The molecule has 2 aromatic rings. The van der Waals surface area contributed by atoms with Crippen molar-refractivity contribution in [2.24, 2.45) is 0 Å². The number of halogens is 2. The Hall–Kier alpha value is 0.212. The third kappa shape index (κ3) is 7.86. The Morgan fingerprint density at radius 3 is 2.00 bits per heavy atom. The van der Waals surface area contributed by atoms with E-state index in [-0.39, 0.29) is 23.9 Å². The van der Waals surface area contributed by atoms with Crippen LogP contribution in [0.1, 0.15) is 0 Å². The Morgan fingerprint density at radius 2 is 1.48 bits per heavy atom. The standard InChI is InChI=1S/C15H17OP2.2ClH.Pd/c1-17(14-8-4-2-5-9-14)12-13-18(16)15-10-6-3-7-11-15;;;/h2-11H,12-13H2,1H3;2*1H;/q+1;;;+2/p-2/t17-;;;/m1.../s1. The van der Waals surface area contributed by atoms with Crippen LogP contribution in [0.15, 0.2) is 60.7 Å². The summed E-state index contributed by atoms with van der Waals surface area (Å²) in [6, 6.07) is 20.3. The van der Waals surface area contributed by atoms with Gasteiger partial charge in [-0.3, -0.25) is 0 Å². The molecule has 0 aliphatic heterocycles. The molecule has 0 aromatic heterocycles. The molecule has 2 rings (SSSR count). The first-order chi connectivity index (χ1) is 10.2. The first-order valence-corrected chi connectivity index (χ1v) is 13.7. The summed E-state index contributed by atoms with van der Waals surface area (Å²) >= 11 is -0.106. The average molecular weight is 453 g/mol. The SMILES string of the molecule is C[P@](CC[P+](=O)c1ccccc1)c1ccccc1.[Cl][Pd][Cl]. The Kier molecular flexibility index (Phi) is 10.8. The monoisotopic (exact) mass is 451 g/mol. The summed E-state index contributed by atoms with van der Waals surface area (Å²) in [5.41, 5.74) is 0. The van der Waals surface area contributed by atoms with Gasteiger partial charge in [-0.05, 0) is 24.1 Å². The molecule has 0 bridgehead atoms. The molecule has 21 heavy (non-hydrogen) atoms. The molecule has 0 heterocycles. The second kappa shape index (κ2) is 11.7. The summed E-state index contributed by atoms with van der Waals surface area (Å²) in [5.74, 6) is 0. The molecule has 0 N–H and O–H groups in total. The van der Waals surface area contributed by atoms with E-state index in [2.05, 4.69) is 30.9 Å². The summed E-state index contributed by atoms with van der Waals surface area (Å²) in [6.07, 6.45) is 1.82. The molecule has 1 unspecified atom stereocenters. The van der Waals surface area contributed by atoms with Crippen molar-refractivity contribution in [3.05, 3.63) is 60.7 Å². The molecule has 0 fully saturated rings. The van der Waals surface area contributed by atoms with E-state index in [9.17, 15) is 4.57 Å². The van der Waals surface area contributed by atoms with Crippen molar-refractivity contribution in [2.45, 2.75) is 0 Å². The van der Waals surface area contributed by atoms with Crippen LogP contribution in [0.5, 0.6) is 0 Å². The van der Waals surface area contributed by atoms with Gasteiger partial charge in [-0.1, -0.05) is 61.0 Å². The topological polar surface area (TPSA) is 17.1 Å². The van der Waals surface area contributed by atoms with Crippen molar-refractivity contribution in [3.63, 3.8) is 0 Å². The molecule has 116 valence electrons. The normalized spacial score (nSPS) is 12.2. The molecule has 0 saturated heterocycles. The van der Waals surface area contributed by atoms with Gasteiger partial charge in [0.05, 0.1) is 0 Å². The van der Waals surface area contributed by atoms with Crippen LogP contribution in [0, 0.1) is 0 Å². The van der Waals surface area contributed by atoms with E-state index < -0.39 is 7.80 Å². The predicted molar refractivity (Wildman–Crippen MR) is 94.0 cm³/mol. The summed E-state index contributed by atoms with van der Waals surface area (Å²) in [7, 11) is 8.21. The fourth-order valence-corrected chi connectivity index (χ4v) is 5.40. The van der Waals surface area contributed by atoms with Crippen molar-refractivity contribution in [2.75, 3.05) is 19.0 Å². The van der Waals surface area contributed by atoms with Crippen molar-refractivity contribution < 1.29 is 20.5 Å². The van der Waals surface area contributed by atoms with Gasteiger partial charge >= 0.3 is 42.8 Å². The van der Waals surface area contributed by atoms with Crippen LogP contribution < -0.4 is 10.6 Å². The van der Waals surface area contributed by atoms with Gasteiger partial charge in [-0.15, -0.1) is 0 Å². The van der Waals surface area contributed by atoms with E-state index in [0.717, 1.165) is 17.6 Å². The molecule has 0 saturated carbocycles. The Bertz CT molecular complexity index is 526.